The van der Waals surface area contributed by atoms with Crippen molar-refractivity contribution in [2.24, 2.45) is 0 Å². The van der Waals surface area contributed by atoms with Crippen LogP contribution in [0.2, 0.25) is 0 Å². The third-order valence-corrected chi connectivity index (χ3v) is 3.55. The molecule has 1 aromatic heterocycles. The number of fused-ring (bicyclic) bond motifs is 1. The van der Waals surface area contributed by atoms with E-state index in [2.05, 4.69) is 5.32 Å². The predicted octanol–water partition coefficient (Wildman–Crippen LogP) is 2.81. The van der Waals surface area contributed by atoms with E-state index >= 15 is 0 Å². The van der Waals surface area contributed by atoms with Crippen LogP contribution in [0, 0.1) is 13.8 Å². The van der Waals surface area contributed by atoms with Gasteiger partial charge in [0.05, 0.1) is 0 Å². The van der Waals surface area contributed by atoms with Crippen LogP contribution < -0.4 is 14.8 Å². The highest BCUT2D eigenvalue weighted by molar-refractivity contribution is 5.97. The lowest BCUT2D eigenvalue weighted by Gasteiger charge is -2.13. The summed E-state index contributed by atoms with van der Waals surface area (Å²) in [6, 6.07) is 6.62. The molecule has 1 amide bonds. The number of esters is 1. The van der Waals surface area contributed by atoms with Gasteiger partial charge in [0.2, 0.25) is 6.79 Å². The minimum absolute atomic E-state index is 0.157. The van der Waals surface area contributed by atoms with Crippen LogP contribution in [0.3, 0.4) is 0 Å². The van der Waals surface area contributed by atoms with E-state index in [4.69, 9.17) is 18.6 Å². The summed E-state index contributed by atoms with van der Waals surface area (Å²) in [5.74, 6) is 1.20. The maximum absolute atomic E-state index is 12.2. The molecule has 7 heteroatoms. The standard InChI is InChI=1S/C17H17NO6/c1-9-6-13(10(2)23-9)17(20)24-11(3)16(19)18-12-4-5-14-15(7-12)22-8-21-14/h4-7,11H,8H2,1-3H3,(H,18,19)/t11-/m1/s1. The molecule has 1 aromatic carbocycles. The van der Waals surface area contributed by atoms with Gasteiger partial charge in [0.1, 0.15) is 17.1 Å². The Morgan fingerprint density at radius 1 is 1.17 bits per heavy atom. The van der Waals surface area contributed by atoms with Gasteiger partial charge in [0.15, 0.2) is 17.6 Å². The number of hydrogen-bond donors (Lipinski definition) is 1. The summed E-state index contributed by atoms with van der Waals surface area (Å²) in [7, 11) is 0. The highest BCUT2D eigenvalue weighted by Crippen LogP contribution is 2.34. The van der Waals surface area contributed by atoms with Crippen LogP contribution in [-0.4, -0.2) is 24.8 Å². The second-order valence-corrected chi connectivity index (χ2v) is 5.43. The highest BCUT2D eigenvalue weighted by Gasteiger charge is 2.22. The molecule has 2 heterocycles. The molecule has 0 unspecified atom stereocenters. The first-order chi connectivity index (χ1) is 11.4. The molecule has 2 aromatic rings. The number of amides is 1. The van der Waals surface area contributed by atoms with E-state index in [0.717, 1.165) is 0 Å². The van der Waals surface area contributed by atoms with Gasteiger partial charge in [-0.05, 0) is 39.0 Å². The molecule has 1 aliphatic rings. The lowest BCUT2D eigenvalue weighted by molar-refractivity contribution is -0.123. The summed E-state index contributed by atoms with van der Waals surface area (Å²) in [4.78, 5) is 24.3. The van der Waals surface area contributed by atoms with Crippen molar-refractivity contribution >= 4 is 17.6 Å². The molecular formula is C17H17NO6. The molecule has 24 heavy (non-hydrogen) atoms. The van der Waals surface area contributed by atoms with E-state index in [0.29, 0.717) is 34.3 Å². The zero-order valence-corrected chi connectivity index (χ0v) is 13.5. The van der Waals surface area contributed by atoms with Gasteiger partial charge in [-0.1, -0.05) is 0 Å². The number of furan rings is 1. The summed E-state index contributed by atoms with van der Waals surface area (Å²) >= 11 is 0. The smallest absolute Gasteiger partial charge is 0.342 e. The van der Waals surface area contributed by atoms with Crippen LogP contribution >= 0.6 is 0 Å². The summed E-state index contributed by atoms with van der Waals surface area (Å²) in [5, 5.41) is 2.67. The largest absolute Gasteiger partial charge is 0.466 e. The third-order valence-electron chi connectivity index (χ3n) is 3.55. The zero-order valence-electron chi connectivity index (χ0n) is 13.5. The molecule has 3 rings (SSSR count). The first-order valence-electron chi connectivity index (χ1n) is 7.42. The second-order valence-electron chi connectivity index (χ2n) is 5.43. The molecule has 0 saturated carbocycles. The van der Waals surface area contributed by atoms with Crippen molar-refractivity contribution in [3.05, 3.63) is 41.3 Å². The van der Waals surface area contributed by atoms with E-state index in [9.17, 15) is 9.59 Å². The van der Waals surface area contributed by atoms with Crippen molar-refractivity contribution < 1.29 is 28.2 Å². The third kappa shape index (κ3) is 3.19. The maximum atomic E-state index is 12.2. The van der Waals surface area contributed by atoms with E-state index in [1.165, 1.54) is 6.92 Å². The fourth-order valence-electron chi connectivity index (χ4n) is 2.33. The number of carbonyl (C=O) groups excluding carboxylic acids is 2. The Morgan fingerprint density at radius 3 is 2.62 bits per heavy atom. The van der Waals surface area contributed by atoms with Crippen molar-refractivity contribution in [1.82, 2.24) is 0 Å². The molecule has 0 aliphatic carbocycles. The Morgan fingerprint density at radius 2 is 1.92 bits per heavy atom. The second kappa shape index (κ2) is 6.27. The van der Waals surface area contributed by atoms with Gasteiger partial charge < -0.3 is 23.9 Å². The highest BCUT2D eigenvalue weighted by atomic mass is 16.7. The predicted molar refractivity (Wildman–Crippen MR) is 84.3 cm³/mol. The maximum Gasteiger partial charge on any atom is 0.342 e. The first kappa shape index (κ1) is 15.9. The fourth-order valence-corrected chi connectivity index (χ4v) is 2.33. The topological polar surface area (TPSA) is 87.0 Å². The van der Waals surface area contributed by atoms with Crippen LogP contribution in [0.25, 0.3) is 0 Å². The van der Waals surface area contributed by atoms with Gasteiger partial charge in [-0.15, -0.1) is 0 Å². The molecule has 0 fully saturated rings. The lowest BCUT2D eigenvalue weighted by Crippen LogP contribution is -2.30. The number of benzene rings is 1. The van der Waals surface area contributed by atoms with Crippen LogP contribution in [-0.2, 0) is 9.53 Å². The fraction of sp³-hybridized carbons (Fsp3) is 0.294. The molecule has 1 atom stereocenters. The van der Waals surface area contributed by atoms with E-state index in [-0.39, 0.29) is 6.79 Å². The number of anilines is 1. The van der Waals surface area contributed by atoms with Crippen LogP contribution in [0.5, 0.6) is 11.5 Å². The molecule has 1 aliphatic heterocycles. The summed E-state index contributed by atoms with van der Waals surface area (Å²) < 4.78 is 20.9. The van der Waals surface area contributed by atoms with Crippen molar-refractivity contribution in [3.8, 4) is 11.5 Å². The Labute approximate surface area is 138 Å². The number of nitrogens with one attached hydrogen (secondary N) is 1. The molecule has 7 nitrogen and oxygen atoms in total. The number of hydrogen-bond acceptors (Lipinski definition) is 6. The zero-order chi connectivity index (χ0) is 17.3. The summed E-state index contributed by atoms with van der Waals surface area (Å²) in [6.45, 7) is 5.06. The Bertz CT molecular complexity index is 794. The van der Waals surface area contributed by atoms with Gasteiger partial charge in [-0.3, -0.25) is 4.79 Å². The van der Waals surface area contributed by atoms with Gasteiger partial charge >= 0.3 is 5.97 Å². The minimum Gasteiger partial charge on any atom is -0.466 e. The molecule has 126 valence electrons. The van der Waals surface area contributed by atoms with E-state index < -0.39 is 18.0 Å². The SMILES string of the molecule is Cc1cc(C(=O)O[C@H](C)C(=O)Nc2ccc3c(c2)OCO3)c(C)o1. The average Bonchev–Trinajstić information content (AvgIpc) is 3.12. The van der Waals surface area contributed by atoms with E-state index in [1.54, 1.807) is 38.1 Å². The van der Waals surface area contributed by atoms with Crippen LogP contribution in [0.15, 0.2) is 28.7 Å². The van der Waals surface area contributed by atoms with Gasteiger partial charge in [-0.2, -0.15) is 0 Å². The Balaban J connectivity index is 1.62. The first-order valence-corrected chi connectivity index (χ1v) is 7.42. The normalized spacial score (nSPS) is 13.5. The molecule has 1 N–H and O–H groups in total. The van der Waals surface area contributed by atoms with Gasteiger partial charge in [0, 0.05) is 11.8 Å². The van der Waals surface area contributed by atoms with Crippen LogP contribution in [0.1, 0.15) is 28.8 Å². The van der Waals surface area contributed by atoms with Crippen molar-refractivity contribution in [2.45, 2.75) is 26.9 Å². The van der Waals surface area contributed by atoms with Crippen molar-refractivity contribution in [2.75, 3.05) is 12.1 Å². The van der Waals surface area contributed by atoms with Gasteiger partial charge in [-0.25, -0.2) is 4.79 Å². The molecule has 0 bridgehead atoms. The van der Waals surface area contributed by atoms with Crippen molar-refractivity contribution in [3.63, 3.8) is 0 Å². The number of aryl methyl sites for hydroxylation is 2. The quantitative estimate of drug-likeness (QED) is 0.867. The average molecular weight is 331 g/mol. The number of rotatable bonds is 4. The van der Waals surface area contributed by atoms with Crippen LogP contribution in [0.4, 0.5) is 5.69 Å². The molecular weight excluding hydrogens is 314 g/mol. The van der Waals surface area contributed by atoms with Gasteiger partial charge in [0.25, 0.3) is 5.91 Å². The molecule has 0 radical (unpaired) electrons. The monoisotopic (exact) mass is 331 g/mol. The minimum atomic E-state index is -0.961. The number of ether oxygens (including phenoxy) is 3. The Hall–Kier alpha value is -2.96. The number of carbonyl (C=O) groups is 2. The molecule has 0 saturated heterocycles. The summed E-state index contributed by atoms with van der Waals surface area (Å²) in [6.07, 6.45) is -0.961. The lowest BCUT2D eigenvalue weighted by atomic mass is 10.2. The van der Waals surface area contributed by atoms with E-state index in [1.807, 2.05) is 0 Å². The summed E-state index contributed by atoms with van der Waals surface area (Å²) in [5.41, 5.74) is 0.845. The van der Waals surface area contributed by atoms with Crippen molar-refractivity contribution in [1.29, 1.82) is 0 Å². The Kier molecular flexibility index (Phi) is 4.16. The molecule has 0 spiro atoms.